The first-order valence-corrected chi connectivity index (χ1v) is 27.7. The summed E-state index contributed by atoms with van der Waals surface area (Å²) in [6, 6.07) is 89.2. The quantitative estimate of drug-likeness (QED) is 0.147. The lowest BCUT2D eigenvalue weighted by molar-refractivity contribution is 0.330. The number of fused-ring (bicyclic) bond motifs is 7. The normalized spacial score (nSPS) is 18.6. The fourth-order valence-corrected chi connectivity index (χ4v) is 14.6. The van der Waals surface area contributed by atoms with Crippen molar-refractivity contribution in [3.05, 3.63) is 248 Å². The van der Waals surface area contributed by atoms with E-state index in [4.69, 9.17) is 0 Å². The van der Waals surface area contributed by atoms with E-state index < -0.39 is 0 Å². The molecule has 0 aromatic heterocycles. The van der Waals surface area contributed by atoms with Crippen molar-refractivity contribution in [3.63, 3.8) is 0 Å². The van der Waals surface area contributed by atoms with Crippen molar-refractivity contribution >= 4 is 68.6 Å². The Hall–Kier alpha value is -8.34. The molecule has 3 aliphatic heterocycles. The Kier molecular flexibility index (Phi) is 10.6. The van der Waals surface area contributed by atoms with Crippen LogP contribution >= 0.6 is 0 Å². The Morgan fingerprint density at radius 2 is 0.792 bits per heavy atom. The van der Waals surface area contributed by atoms with Crippen LogP contribution in [0.15, 0.2) is 237 Å². The van der Waals surface area contributed by atoms with Crippen LogP contribution in [0.25, 0.3) is 44.5 Å². The molecule has 14 rings (SSSR count). The lowest BCUT2D eigenvalue weighted by atomic mass is 9.33. The third-order valence-electron chi connectivity index (χ3n) is 18.0. The molecule has 2 atom stereocenters. The SMILES string of the molecule is CC1(C)CC2(C)c3cc(C(C)(C)C)ccc3N(c3cc4c5c(c3)N(c3cccc(-c6ccccc6)c3)c3cc(-c6ccccc6)ccc3B5c3ccc(-c5ccccc5)cc3N4c3cccc(-c4ccccc4)c3)C2(C)C1. The van der Waals surface area contributed by atoms with E-state index in [1.54, 1.807) is 0 Å². The second kappa shape index (κ2) is 17.3. The molecule has 77 heavy (non-hydrogen) atoms. The highest BCUT2D eigenvalue weighted by molar-refractivity contribution is 7.00. The van der Waals surface area contributed by atoms with Crippen LogP contribution in [0.2, 0.25) is 0 Å². The van der Waals surface area contributed by atoms with Crippen molar-refractivity contribution in [1.82, 2.24) is 0 Å². The van der Waals surface area contributed by atoms with Gasteiger partial charge in [-0.25, -0.2) is 0 Å². The van der Waals surface area contributed by atoms with E-state index in [-0.39, 0.29) is 28.5 Å². The molecule has 3 nitrogen and oxygen atoms in total. The molecule has 0 amide bonds. The molecule has 2 unspecified atom stereocenters. The van der Waals surface area contributed by atoms with Crippen LogP contribution in [0.4, 0.5) is 45.5 Å². The monoisotopic (exact) mass is 994 g/mol. The third kappa shape index (κ3) is 7.47. The molecule has 0 radical (unpaired) electrons. The Bertz CT molecular complexity index is 3740. The largest absolute Gasteiger partial charge is 0.334 e. The fourth-order valence-electron chi connectivity index (χ4n) is 14.6. The minimum Gasteiger partial charge on any atom is -0.334 e. The molecule has 1 aliphatic carbocycles. The van der Waals surface area contributed by atoms with Crippen molar-refractivity contribution < 1.29 is 0 Å². The predicted octanol–water partition coefficient (Wildman–Crippen LogP) is 17.7. The molecule has 0 bridgehead atoms. The number of rotatable bonds is 7. The van der Waals surface area contributed by atoms with Gasteiger partial charge in [-0.2, -0.15) is 0 Å². The highest BCUT2D eigenvalue weighted by Gasteiger charge is 2.64. The minimum atomic E-state index is -0.230. The van der Waals surface area contributed by atoms with Crippen LogP contribution < -0.4 is 31.1 Å². The Morgan fingerprint density at radius 1 is 0.364 bits per heavy atom. The van der Waals surface area contributed by atoms with Crippen LogP contribution in [-0.4, -0.2) is 12.3 Å². The van der Waals surface area contributed by atoms with Gasteiger partial charge in [0.25, 0.3) is 6.71 Å². The van der Waals surface area contributed by atoms with Crippen LogP contribution in [0.5, 0.6) is 0 Å². The minimum absolute atomic E-state index is 0.00982. The predicted molar refractivity (Wildman–Crippen MR) is 328 cm³/mol. The molecule has 1 fully saturated rings. The lowest BCUT2D eigenvalue weighted by Gasteiger charge is -2.47. The summed E-state index contributed by atoms with van der Waals surface area (Å²) in [7, 11) is 0. The Morgan fingerprint density at radius 3 is 1.23 bits per heavy atom. The van der Waals surface area contributed by atoms with Gasteiger partial charge in [-0.3, -0.25) is 0 Å². The average molecular weight is 994 g/mol. The van der Waals surface area contributed by atoms with E-state index in [1.165, 1.54) is 106 Å². The fraction of sp³-hybridized carbons (Fsp3) is 0.178. The zero-order valence-electron chi connectivity index (χ0n) is 45.3. The molecular weight excluding hydrogens is 930 g/mol. The first-order chi connectivity index (χ1) is 37.3. The number of hydrogen-bond acceptors (Lipinski definition) is 3. The molecule has 0 spiro atoms. The molecule has 3 heterocycles. The maximum absolute atomic E-state index is 2.80. The summed E-state index contributed by atoms with van der Waals surface area (Å²) < 4.78 is 0. The summed E-state index contributed by atoms with van der Waals surface area (Å²) >= 11 is 0. The second-order valence-corrected chi connectivity index (χ2v) is 24.6. The van der Waals surface area contributed by atoms with Gasteiger partial charge < -0.3 is 14.7 Å². The summed E-state index contributed by atoms with van der Waals surface area (Å²) in [6.07, 6.45) is 2.17. The van der Waals surface area contributed by atoms with Gasteiger partial charge in [0.1, 0.15) is 0 Å². The van der Waals surface area contributed by atoms with Gasteiger partial charge >= 0.3 is 0 Å². The van der Waals surface area contributed by atoms with Crippen molar-refractivity contribution in [2.24, 2.45) is 5.41 Å². The van der Waals surface area contributed by atoms with Crippen molar-refractivity contribution in [2.45, 2.75) is 77.7 Å². The van der Waals surface area contributed by atoms with E-state index in [0.29, 0.717) is 0 Å². The smallest absolute Gasteiger partial charge is 0.252 e. The topological polar surface area (TPSA) is 9.72 Å². The van der Waals surface area contributed by atoms with Crippen molar-refractivity contribution in [2.75, 3.05) is 14.7 Å². The lowest BCUT2D eigenvalue weighted by Crippen LogP contribution is -2.61. The first kappa shape index (κ1) is 47.1. The van der Waals surface area contributed by atoms with Crippen molar-refractivity contribution in [3.8, 4) is 44.5 Å². The third-order valence-corrected chi connectivity index (χ3v) is 18.0. The zero-order valence-corrected chi connectivity index (χ0v) is 45.3. The van der Waals surface area contributed by atoms with Crippen LogP contribution in [-0.2, 0) is 10.8 Å². The van der Waals surface area contributed by atoms with E-state index in [1.807, 2.05) is 0 Å². The second-order valence-electron chi connectivity index (χ2n) is 24.6. The summed E-state index contributed by atoms with van der Waals surface area (Å²) in [5.74, 6) is 0. The van der Waals surface area contributed by atoms with Gasteiger partial charge in [0.15, 0.2) is 0 Å². The molecular formula is C73H64BN3. The molecule has 10 aromatic carbocycles. The molecule has 0 saturated heterocycles. The average Bonchev–Trinajstić information content (AvgIpc) is 3.80. The Labute approximate surface area is 456 Å². The highest BCUT2D eigenvalue weighted by atomic mass is 15.3. The number of nitrogens with zero attached hydrogens (tertiary/aromatic N) is 3. The van der Waals surface area contributed by atoms with Gasteiger partial charge in [-0.15, -0.1) is 0 Å². The highest BCUT2D eigenvalue weighted by Crippen LogP contribution is 2.67. The maximum atomic E-state index is 2.80. The molecule has 0 N–H and O–H groups in total. The van der Waals surface area contributed by atoms with Crippen LogP contribution in [0.3, 0.4) is 0 Å². The molecule has 1 saturated carbocycles. The van der Waals surface area contributed by atoms with E-state index in [9.17, 15) is 0 Å². The van der Waals surface area contributed by atoms with Gasteiger partial charge in [0, 0.05) is 50.9 Å². The zero-order chi connectivity index (χ0) is 52.4. The van der Waals surface area contributed by atoms with Crippen LogP contribution in [0.1, 0.15) is 72.4 Å². The maximum Gasteiger partial charge on any atom is 0.252 e. The summed E-state index contributed by atoms with van der Waals surface area (Å²) in [6.45, 7) is 17.2. The van der Waals surface area contributed by atoms with Gasteiger partial charge in [0.05, 0.1) is 5.54 Å². The molecule has 10 aromatic rings. The van der Waals surface area contributed by atoms with E-state index in [2.05, 4.69) is 300 Å². The summed E-state index contributed by atoms with van der Waals surface area (Å²) in [5.41, 5.74) is 25.7. The standard InChI is InChI=1S/C73H64BN3/c1-70(2,3)57-36-39-64-61(44-57)72(6)47-71(4,5)48-73(72,7)77(64)60-45-67-69-68(46-60)76(59-33-21-31-54(41-59)50-24-14-9-15-25-50)66-43-56(52-28-18-11-19-29-52)35-38-63(66)74(69)62-37-34-55(51-26-16-10-17-27-51)42-65(62)75(67)58-32-20-30-53(40-58)49-22-12-8-13-23-49/h8-46H,47-48H2,1-7H3. The van der Waals surface area contributed by atoms with E-state index in [0.717, 1.165) is 24.2 Å². The number of hydrogen-bond donors (Lipinski definition) is 0. The molecule has 4 aliphatic rings. The van der Waals surface area contributed by atoms with Gasteiger partial charge in [-0.1, -0.05) is 224 Å². The van der Waals surface area contributed by atoms with E-state index >= 15 is 0 Å². The van der Waals surface area contributed by atoms with Crippen LogP contribution in [0, 0.1) is 5.41 Å². The van der Waals surface area contributed by atoms with Gasteiger partial charge in [0.2, 0.25) is 0 Å². The molecule has 374 valence electrons. The Balaban J connectivity index is 1.11. The van der Waals surface area contributed by atoms with Gasteiger partial charge in [-0.05, 0) is 157 Å². The first-order valence-electron chi connectivity index (χ1n) is 27.7. The molecule has 4 heteroatoms. The number of anilines is 8. The number of benzene rings is 10. The summed E-state index contributed by atoms with van der Waals surface area (Å²) in [5, 5.41) is 0. The van der Waals surface area contributed by atoms with Crippen molar-refractivity contribution in [1.29, 1.82) is 0 Å². The summed E-state index contributed by atoms with van der Waals surface area (Å²) in [4.78, 5) is 8.04.